The molecular formula is C19H23N3O4. The van der Waals surface area contributed by atoms with Gasteiger partial charge >= 0.3 is 5.97 Å². The molecule has 1 aromatic heterocycles. The number of carboxylic acid groups (broad SMARTS) is 1. The SMILES string of the molecule is CC(C)(C)c1noc(-c2ccccc2C(=O)N2CCC(C(=O)O)CC2)n1. The van der Waals surface area contributed by atoms with Gasteiger partial charge in [0.05, 0.1) is 17.0 Å². The van der Waals surface area contributed by atoms with Crippen LogP contribution in [0, 0.1) is 5.92 Å². The van der Waals surface area contributed by atoms with E-state index in [0.29, 0.717) is 48.8 Å². The molecule has 3 rings (SSSR count). The van der Waals surface area contributed by atoms with E-state index in [2.05, 4.69) is 10.1 Å². The third-order valence-electron chi connectivity index (χ3n) is 4.62. The number of rotatable bonds is 3. The second-order valence-electron chi connectivity index (χ2n) is 7.62. The Hall–Kier alpha value is -2.70. The second-order valence-corrected chi connectivity index (χ2v) is 7.62. The molecule has 0 unspecified atom stereocenters. The Kier molecular flexibility index (Phi) is 4.80. The lowest BCUT2D eigenvalue weighted by Gasteiger charge is -2.30. The number of nitrogens with zero attached hydrogens (tertiary/aromatic N) is 3. The number of likely N-dealkylation sites (tertiary alicyclic amines) is 1. The van der Waals surface area contributed by atoms with Crippen molar-refractivity contribution in [1.82, 2.24) is 15.0 Å². The van der Waals surface area contributed by atoms with Crippen molar-refractivity contribution in [2.24, 2.45) is 5.92 Å². The topological polar surface area (TPSA) is 96.5 Å². The summed E-state index contributed by atoms with van der Waals surface area (Å²) in [4.78, 5) is 30.2. The number of piperidine rings is 1. The molecular weight excluding hydrogens is 334 g/mol. The standard InChI is InChI=1S/C19H23N3O4/c1-19(2,3)18-20-15(26-21-18)13-6-4-5-7-14(13)16(23)22-10-8-12(9-11-22)17(24)25/h4-7,12H,8-11H2,1-3H3,(H,24,25). The first kappa shape index (κ1) is 18.1. The van der Waals surface area contributed by atoms with Crippen LogP contribution >= 0.6 is 0 Å². The lowest BCUT2D eigenvalue weighted by Crippen LogP contribution is -2.40. The first-order chi connectivity index (χ1) is 12.3. The summed E-state index contributed by atoms with van der Waals surface area (Å²) in [5.41, 5.74) is 0.839. The molecule has 0 saturated carbocycles. The fourth-order valence-corrected chi connectivity index (χ4v) is 2.99. The van der Waals surface area contributed by atoms with Crippen LogP contribution in [0.4, 0.5) is 0 Å². The van der Waals surface area contributed by atoms with Crippen molar-refractivity contribution in [3.8, 4) is 11.5 Å². The van der Waals surface area contributed by atoms with Crippen LogP contribution in [0.3, 0.4) is 0 Å². The molecule has 1 aromatic carbocycles. The lowest BCUT2D eigenvalue weighted by atomic mass is 9.95. The summed E-state index contributed by atoms with van der Waals surface area (Å²) in [5.74, 6) is -0.408. The molecule has 1 fully saturated rings. The van der Waals surface area contributed by atoms with E-state index < -0.39 is 5.97 Å². The van der Waals surface area contributed by atoms with Gasteiger partial charge in [0.2, 0.25) is 0 Å². The summed E-state index contributed by atoms with van der Waals surface area (Å²) in [6.45, 7) is 6.84. The van der Waals surface area contributed by atoms with Crippen LogP contribution < -0.4 is 0 Å². The van der Waals surface area contributed by atoms with Crippen molar-refractivity contribution in [1.29, 1.82) is 0 Å². The summed E-state index contributed by atoms with van der Waals surface area (Å²) >= 11 is 0. The third-order valence-corrected chi connectivity index (χ3v) is 4.62. The van der Waals surface area contributed by atoms with Gasteiger partial charge in [-0.05, 0) is 25.0 Å². The highest BCUT2D eigenvalue weighted by Gasteiger charge is 2.29. The van der Waals surface area contributed by atoms with Gasteiger partial charge in [-0.2, -0.15) is 4.98 Å². The van der Waals surface area contributed by atoms with Gasteiger partial charge in [0.1, 0.15) is 0 Å². The van der Waals surface area contributed by atoms with Crippen molar-refractivity contribution in [3.63, 3.8) is 0 Å². The van der Waals surface area contributed by atoms with E-state index in [1.54, 1.807) is 23.1 Å². The fourth-order valence-electron chi connectivity index (χ4n) is 2.99. The zero-order valence-corrected chi connectivity index (χ0v) is 15.2. The molecule has 1 N–H and O–H groups in total. The maximum atomic E-state index is 13.0. The van der Waals surface area contributed by atoms with Gasteiger partial charge in [-0.25, -0.2) is 0 Å². The average molecular weight is 357 g/mol. The number of hydrogen-bond donors (Lipinski definition) is 1. The maximum absolute atomic E-state index is 13.0. The van der Waals surface area contributed by atoms with E-state index in [9.17, 15) is 9.59 Å². The Morgan fingerprint density at radius 1 is 1.19 bits per heavy atom. The number of carbonyl (C=O) groups excluding carboxylic acids is 1. The molecule has 0 radical (unpaired) electrons. The molecule has 1 aliphatic heterocycles. The predicted octanol–water partition coefficient (Wildman–Crippen LogP) is 2.97. The van der Waals surface area contributed by atoms with Crippen LogP contribution in [0.15, 0.2) is 28.8 Å². The molecule has 138 valence electrons. The van der Waals surface area contributed by atoms with Gasteiger partial charge in [-0.15, -0.1) is 0 Å². The highest BCUT2D eigenvalue weighted by Crippen LogP contribution is 2.28. The Bertz CT molecular complexity index is 814. The zero-order chi connectivity index (χ0) is 18.9. The molecule has 0 atom stereocenters. The molecule has 26 heavy (non-hydrogen) atoms. The number of aliphatic carboxylic acids is 1. The average Bonchev–Trinajstić information content (AvgIpc) is 3.11. The molecule has 2 heterocycles. The molecule has 7 nitrogen and oxygen atoms in total. The highest BCUT2D eigenvalue weighted by molar-refractivity contribution is 6.00. The van der Waals surface area contributed by atoms with Crippen molar-refractivity contribution in [3.05, 3.63) is 35.7 Å². The van der Waals surface area contributed by atoms with Crippen LogP contribution in [0.5, 0.6) is 0 Å². The zero-order valence-electron chi connectivity index (χ0n) is 15.2. The summed E-state index contributed by atoms with van der Waals surface area (Å²) in [6.07, 6.45) is 0.940. The number of aromatic nitrogens is 2. The van der Waals surface area contributed by atoms with Gasteiger partial charge in [0.15, 0.2) is 5.82 Å². The lowest BCUT2D eigenvalue weighted by molar-refractivity contribution is -0.143. The van der Waals surface area contributed by atoms with Crippen LogP contribution in [0.1, 0.15) is 49.8 Å². The molecule has 0 bridgehead atoms. The summed E-state index contributed by atoms with van der Waals surface area (Å²) in [7, 11) is 0. The van der Waals surface area contributed by atoms with E-state index >= 15 is 0 Å². The van der Waals surface area contributed by atoms with Crippen molar-refractivity contribution in [2.45, 2.75) is 39.0 Å². The molecule has 1 saturated heterocycles. The Balaban J connectivity index is 1.85. The first-order valence-electron chi connectivity index (χ1n) is 8.73. The van der Waals surface area contributed by atoms with Crippen LogP contribution in [0.2, 0.25) is 0 Å². The Morgan fingerprint density at radius 2 is 1.85 bits per heavy atom. The van der Waals surface area contributed by atoms with E-state index in [4.69, 9.17) is 9.63 Å². The third kappa shape index (κ3) is 3.61. The van der Waals surface area contributed by atoms with E-state index in [0.717, 1.165) is 0 Å². The van der Waals surface area contributed by atoms with Crippen molar-refractivity contribution < 1.29 is 19.2 Å². The minimum atomic E-state index is -0.793. The number of hydrogen-bond acceptors (Lipinski definition) is 5. The first-order valence-corrected chi connectivity index (χ1v) is 8.73. The van der Waals surface area contributed by atoms with Gasteiger partial charge in [-0.1, -0.05) is 38.1 Å². The number of carboxylic acids is 1. The molecule has 1 aliphatic rings. The highest BCUT2D eigenvalue weighted by atomic mass is 16.5. The maximum Gasteiger partial charge on any atom is 0.306 e. The molecule has 0 spiro atoms. The molecule has 7 heteroatoms. The monoisotopic (exact) mass is 357 g/mol. The molecule has 0 aliphatic carbocycles. The number of amides is 1. The molecule has 1 amide bonds. The largest absolute Gasteiger partial charge is 0.481 e. The van der Waals surface area contributed by atoms with E-state index in [-0.39, 0.29) is 17.2 Å². The number of carbonyl (C=O) groups is 2. The van der Waals surface area contributed by atoms with Crippen molar-refractivity contribution >= 4 is 11.9 Å². The predicted molar refractivity (Wildman–Crippen MR) is 94.7 cm³/mol. The van der Waals surface area contributed by atoms with Crippen LogP contribution in [-0.2, 0) is 10.2 Å². The second kappa shape index (κ2) is 6.90. The van der Waals surface area contributed by atoms with Gasteiger partial charge in [0, 0.05) is 18.5 Å². The Morgan fingerprint density at radius 3 is 2.42 bits per heavy atom. The van der Waals surface area contributed by atoms with Gasteiger partial charge in [-0.3, -0.25) is 9.59 Å². The molecule has 2 aromatic rings. The van der Waals surface area contributed by atoms with Crippen molar-refractivity contribution in [2.75, 3.05) is 13.1 Å². The van der Waals surface area contributed by atoms with E-state index in [1.165, 1.54) is 0 Å². The van der Waals surface area contributed by atoms with Crippen LogP contribution in [-0.4, -0.2) is 45.1 Å². The van der Waals surface area contributed by atoms with E-state index in [1.807, 2.05) is 26.8 Å². The summed E-state index contributed by atoms with van der Waals surface area (Å²) in [6, 6.07) is 7.14. The summed E-state index contributed by atoms with van der Waals surface area (Å²) < 4.78 is 5.39. The quantitative estimate of drug-likeness (QED) is 0.907. The number of benzene rings is 1. The van der Waals surface area contributed by atoms with Crippen LogP contribution in [0.25, 0.3) is 11.5 Å². The minimum absolute atomic E-state index is 0.139. The Labute approximate surface area is 152 Å². The van der Waals surface area contributed by atoms with Gasteiger partial charge < -0.3 is 14.5 Å². The smallest absolute Gasteiger partial charge is 0.306 e. The normalized spacial score (nSPS) is 15.9. The summed E-state index contributed by atoms with van der Waals surface area (Å²) in [5, 5.41) is 13.1. The fraction of sp³-hybridized carbons (Fsp3) is 0.474. The van der Waals surface area contributed by atoms with Gasteiger partial charge in [0.25, 0.3) is 11.8 Å². The minimum Gasteiger partial charge on any atom is -0.481 e.